The summed E-state index contributed by atoms with van der Waals surface area (Å²) in [6.45, 7) is 10.5. The molecule has 0 unspecified atom stereocenters. The van der Waals surface area contributed by atoms with Gasteiger partial charge in [0, 0.05) is 37.0 Å². The van der Waals surface area contributed by atoms with Crippen LogP contribution in [0.4, 0.5) is 0 Å². The minimum atomic E-state index is -0.934. The van der Waals surface area contributed by atoms with E-state index in [1.807, 2.05) is 38.1 Å². The Kier molecular flexibility index (Phi) is 23.5. The molecule has 0 bridgehead atoms. The van der Waals surface area contributed by atoms with Crippen molar-refractivity contribution < 1.29 is 76.3 Å². The van der Waals surface area contributed by atoms with Crippen LogP contribution in [0, 0.1) is 10.8 Å². The molecule has 2 aliphatic heterocycles. The molecule has 2 N–H and O–H groups in total. The lowest BCUT2D eigenvalue weighted by molar-refractivity contribution is -0.161. The Hall–Kier alpha value is -8.16. The molecule has 2 fully saturated rings. The highest BCUT2D eigenvalue weighted by Crippen LogP contribution is 2.36. The molecule has 4 aromatic rings. The lowest BCUT2D eigenvalue weighted by atomic mass is 9.84. The second-order valence-electron chi connectivity index (χ2n) is 22.2. The van der Waals surface area contributed by atoms with Gasteiger partial charge in [-0.3, -0.25) is 28.8 Å². The van der Waals surface area contributed by atoms with Gasteiger partial charge < -0.3 is 58.3 Å². The fourth-order valence-electron chi connectivity index (χ4n) is 9.78. The van der Waals surface area contributed by atoms with E-state index in [9.17, 15) is 38.4 Å². The van der Waals surface area contributed by atoms with Crippen molar-refractivity contribution in [1.82, 2.24) is 20.4 Å². The summed E-state index contributed by atoms with van der Waals surface area (Å²) in [6, 6.07) is 22.9. The van der Waals surface area contributed by atoms with Crippen molar-refractivity contribution >= 4 is 47.1 Å². The van der Waals surface area contributed by atoms with Crippen LogP contribution in [0.5, 0.6) is 34.5 Å². The number of carbonyl (C=O) groups excluding carboxylic acids is 8. The zero-order valence-electron chi connectivity index (χ0n) is 50.1. The van der Waals surface area contributed by atoms with E-state index >= 15 is 0 Å². The van der Waals surface area contributed by atoms with Crippen LogP contribution >= 0.6 is 0 Å². The van der Waals surface area contributed by atoms with Crippen LogP contribution in [-0.4, -0.2) is 137 Å². The van der Waals surface area contributed by atoms with Gasteiger partial charge in [-0.2, -0.15) is 0 Å². The molecule has 0 aromatic heterocycles. The molecule has 4 atom stereocenters. The first kappa shape index (κ1) is 65.0. The summed E-state index contributed by atoms with van der Waals surface area (Å²) < 4.78 is 46.0. The molecule has 0 saturated carbocycles. The van der Waals surface area contributed by atoms with Gasteiger partial charge in [-0.1, -0.05) is 77.9 Å². The normalized spacial score (nSPS) is 15.7. The molecule has 454 valence electrons. The second kappa shape index (κ2) is 30.4. The van der Waals surface area contributed by atoms with Gasteiger partial charge in [0.05, 0.1) is 28.4 Å². The van der Waals surface area contributed by atoms with Crippen molar-refractivity contribution in [3.05, 3.63) is 107 Å². The first-order valence-corrected chi connectivity index (χ1v) is 28.7. The number of hydrogen-bond donors (Lipinski definition) is 2. The highest BCUT2D eigenvalue weighted by atomic mass is 16.6. The van der Waals surface area contributed by atoms with Gasteiger partial charge in [0.2, 0.25) is 11.6 Å². The molecule has 0 spiro atoms. The lowest BCUT2D eigenvalue weighted by Crippen LogP contribution is -2.48. The van der Waals surface area contributed by atoms with Gasteiger partial charge in [0.25, 0.3) is 23.6 Å². The maximum absolute atomic E-state index is 14.0. The Morgan fingerprint density at radius 1 is 0.524 bits per heavy atom. The molecule has 0 aliphatic carbocycles. The first-order valence-electron chi connectivity index (χ1n) is 28.7. The summed E-state index contributed by atoms with van der Waals surface area (Å²) >= 11 is 0. The van der Waals surface area contributed by atoms with E-state index in [0.29, 0.717) is 110 Å². The Morgan fingerprint density at radius 2 is 0.905 bits per heavy atom. The van der Waals surface area contributed by atoms with E-state index in [-0.39, 0.29) is 39.4 Å². The summed E-state index contributed by atoms with van der Waals surface area (Å²) in [5.41, 5.74) is 1.17. The molecule has 84 heavy (non-hydrogen) atoms. The van der Waals surface area contributed by atoms with Crippen LogP contribution in [-0.2, 0) is 60.7 Å². The number of esters is 2. The molecule has 2 heterocycles. The fourth-order valence-corrected chi connectivity index (χ4v) is 9.78. The van der Waals surface area contributed by atoms with Crippen LogP contribution in [0.1, 0.15) is 127 Å². The first-order chi connectivity index (χ1) is 40.2. The van der Waals surface area contributed by atoms with Gasteiger partial charge >= 0.3 is 11.9 Å². The van der Waals surface area contributed by atoms with Crippen LogP contribution in [0.25, 0.3) is 0 Å². The molecule has 0 radical (unpaired) electrons. The van der Waals surface area contributed by atoms with Crippen molar-refractivity contribution in [3.8, 4) is 34.5 Å². The van der Waals surface area contributed by atoms with Crippen molar-refractivity contribution in [3.63, 3.8) is 0 Å². The maximum atomic E-state index is 14.0. The summed E-state index contributed by atoms with van der Waals surface area (Å²) in [4.78, 5) is 110. The number of amides is 4. The number of nitrogens with one attached hydrogen (secondary N) is 2. The van der Waals surface area contributed by atoms with Gasteiger partial charge in [-0.25, -0.2) is 9.59 Å². The number of rotatable bonds is 31. The topological polar surface area (TPSA) is 241 Å². The SMILES string of the molecule is CCC(C)(C)C(=O)C(=O)N1CCC[C@H]1C(=O)O[C@H](CCc1ccc(OC)c(OC)c1)c1cccc(OCC(=O)NCCNC(=O)COc2cccc([C@@H](CCc3ccc(OC)c(OC)c3)OC(=O)[C@@H]3CCCN3C(=O)C(=O)C(C)(C)CC)c2)c1. The van der Waals surface area contributed by atoms with Crippen molar-refractivity contribution in [2.75, 3.05) is 67.8 Å². The third kappa shape index (κ3) is 17.2. The van der Waals surface area contributed by atoms with Crippen LogP contribution in [0.3, 0.4) is 0 Å². The predicted molar refractivity (Wildman–Crippen MR) is 311 cm³/mol. The molecule has 4 amide bonds. The van der Waals surface area contributed by atoms with Gasteiger partial charge in [0.1, 0.15) is 35.8 Å². The van der Waals surface area contributed by atoms with E-state index in [2.05, 4.69) is 10.6 Å². The summed E-state index contributed by atoms with van der Waals surface area (Å²) in [5, 5.41) is 5.45. The maximum Gasteiger partial charge on any atom is 0.329 e. The zero-order chi connectivity index (χ0) is 61.1. The molecule has 4 aromatic carbocycles. The average molecular weight is 1160 g/mol. The highest BCUT2D eigenvalue weighted by Gasteiger charge is 2.44. The summed E-state index contributed by atoms with van der Waals surface area (Å²) in [5.74, 6) is -1.83. The molecule has 20 nitrogen and oxygen atoms in total. The molecule has 6 rings (SSSR count). The van der Waals surface area contributed by atoms with Gasteiger partial charge in [-0.15, -0.1) is 0 Å². The average Bonchev–Trinajstić information content (AvgIpc) is 4.42. The Morgan fingerprint density at radius 3 is 1.26 bits per heavy atom. The van der Waals surface area contributed by atoms with Crippen LogP contribution in [0.2, 0.25) is 0 Å². The minimum absolute atomic E-state index is 0.0709. The standard InChI is InChI=1S/C64H82N4O16/c1-11-63(3,4)57(71)59(73)67-33-15-21-47(67)61(75)83-49(27-23-41-25-29-51(77-7)53(35-41)79-9)43-17-13-19-45(37-43)81-39-55(69)65-31-32-66-56(70)40-82-46-20-14-18-44(38-46)50(28-24-42-26-30-52(78-8)54(36-42)80-10)84-62(76)48-22-16-34-68(48)60(74)58(72)64(5,6)12-2/h13-14,17-20,25-26,29-30,35-38,47-50H,11-12,15-16,21-24,27-28,31-34,39-40H2,1-10H3,(H,65,69)(H,66,70)/t47-,48-,49+,50+/m0/s1. The molecular formula is C64H82N4O16. The molecule has 20 heteroatoms. The number of aryl methyl sites for hydroxylation is 2. The monoisotopic (exact) mass is 1160 g/mol. The summed E-state index contributed by atoms with van der Waals surface area (Å²) in [6.07, 6.45) is 2.63. The van der Waals surface area contributed by atoms with Crippen molar-refractivity contribution in [2.24, 2.45) is 10.8 Å². The predicted octanol–water partition coefficient (Wildman–Crippen LogP) is 7.84. The van der Waals surface area contributed by atoms with Crippen LogP contribution < -0.4 is 39.1 Å². The summed E-state index contributed by atoms with van der Waals surface area (Å²) in [7, 11) is 6.18. The number of Topliss-reactive ketones (excluding diaryl/α,β-unsaturated/α-hetero) is 2. The Balaban J connectivity index is 1.03. The smallest absolute Gasteiger partial charge is 0.329 e. The Bertz CT molecular complexity index is 2780. The van der Waals surface area contributed by atoms with Crippen LogP contribution in [0.15, 0.2) is 84.9 Å². The number of ether oxygens (including phenoxy) is 8. The molecular weight excluding hydrogens is 1080 g/mol. The highest BCUT2D eigenvalue weighted by molar-refractivity contribution is 6.38. The number of benzene rings is 4. The Labute approximate surface area is 492 Å². The van der Waals surface area contributed by atoms with E-state index in [0.717, 1.165) is 11.1 Å². The van der Waals surface area contributed by atoms with E-state index in [4.69, 9.17) is 37.9 Å². The quantitative estimate of drug-likeness (QED) is 0.0277. The van der Waals surface area contributed by atoms with E-state index in [1.54, 1.807) is 117 Å². The van der Waals surface area contributed by atoms with Gasteiger partial charge in [-0.05, 0) is 135 Å². The third-order valence-electron chi connectivity index (χ3n) is 15.7. The molecule has 2 aliphatic rings. The zero-order valence-corrected chi connectivity index (χ0v) is 50.1. The van der Waals surface area contributed by atoms with E-state index in [1.165, 1.54) is 9.80 Å². The third-order valence-corrected chi connectivity index (χ3v) is 15.7. The number of ketones is 2. The van der Waals surface area contributed by atoms with E-state index < -0.39 is 82.3 Å². The number of nitrogens with zero attached hydrogens (tertiary/aromatic N) is 2. The number of hydrogen-bond acceptors (Lipinski definition) is 16. The van der Waals surface area contributed by atoms with Crippen molar-refractivity contribution in [1.29, 1.82) is 0 Å². The van der Waals surface area contributed by atoms with Crippen molar-refractivity contribution in [2.45, 2.75) is 130 Å². The minimum Gasteiger partial charge on any atom is -0.493 e. The fraction of sp³-hybridized carbons (Fsp3) is 0.500. The number of methoxy groups -OCH3 is 4. The number of carbonyl (C=O) groups is 8. The molecule has 2 saturated heterocycles. The lowest BCUT2D eigenvalue weighted by Gasteiger charge is -2.28. The number of likely N-dealkylation sites (tertiary alicyclic amines) is 2. The second-order valence-corrected chi connectivity index (χ2v) is 22.2. The van der Waals surface area contributed by atoms with Gasteiger partial charge in [0.15, 0.2) is 36.2 Å². The largest absolute Gasteiger partial charge is 0.493 e.